The van der Waals surface area contributed by atoms with Gasteiger partial charge in [0.05, 0.1) is 13.5 Å². The van der Waals surface area contributed by atoms with Crippen molar-refractivity contribution >= 4 is 29.0 Å². The summed E-state index contributed by atoms with van der Waals surface area (Å²) in [5, 5.41) is 2.84. The van der Waals surface area contributed by atoms with Crippen molar-refractivity contribution in [3.8, 4) is 5.75 Å². The van der Waals surface area contributed by atoms with Crippen LogP contribution in [0.25, 0.3) is 0 Å². The number of Topliss-reactive ketones (excluding diaryl/α,β-unsaturated/α-hetero) is 1. The van der Waals surface area contributed by atoms with E-state index in [2.05, 4.69) is 5.32 Å². The first kappa shape index (κ1) is 18.6. The van der Waals surface area contributed by atoms with Crippen LogP contribution < -0.4 is 15.0 Å². The van der Waals surface area contributed by atoms with Crippen LogP contribution in [0.2, 0.25) is 0 Å². The molecule has 6 nitrogen and oxygen atoms in total. The van der Waals surface area contributed by atoms with E-state index in [1.54, 1.807) is 35.2 Å². The molecule has 2 amide bonds. The van der Waals surface area contributed by atoms with Gasteiger partial charge in [0.15, 0.2) is 5.78 Å². The maximum Gasteiger partial charge on any atom is 0.228 e. The highest BCUT2D eigenvalue weighted by Crippen LogP contribution is 2.24. The summed E-state index contributed by atoms with van der Waals surface area (Å²) in [4.78, 5) is 37.5. The van der Waals surface area contributed by atoms with Crippen molar-refractivity contribution in [2.45, 2.75) is 26.2 Å². The topological polar surface area (TPSA) is 75.7 Å². The first-order chi connectivity index (χ1) is 13.0. The average Bonchev–Trinajstić information content (AvgIpc) is 3.08. The molecule has 1 aliphatic heterocycles. The Morgan fingerprint density at radius 1 is 1.15 bits per heavy atom. The lowest BCUT2D eigenvalue weighted by Crippen LogP contribution is -2.23. The molecule has 1 saturated heterocycles. The van der Waals surface area contributed by atoms with Crippen LogP contribution in [0.5, 0.6) is 5.75 Å². The molecule has 1 fully saturated rings. The van der Waals surface area contributed by atoms with Gasteiger partial charge in [-0.2, -0.15) is 0 Å². The number of nitrogens with one attached hydrogen (secondary N) is 1. The number of hydrogen-bond donors (Lipinski definition) is 1. The first-order valence-electron chi connectivity index (χ1n) is 8.86. The second-order valence-electron chi connectivity index (χ2n) is 6.50. The highest BCUT2D eigenvalue weighted by Gasteiger charge is 2.21. The van der Waals surface area contributed by atoms with Crippen molar-refractivity contribution in [1.29, 1.82) is 0 Å². The van der Waals surface area contributed by atoms with Gasteiger partial charge in [0.25, 0.3) is 0 Å². The van der Waals surface area contributed by atoms with E-state index < -0.39 is 0 Å². The van der Waals surface area contributed by atoms with E-state index in [1.807, 2.05) is 12.1 Å². The Labute approximate surface area is 158 Å². The summed E-state index contributed by atoms with van der Waals surface area (Å²) in [5.74, 6) is 0.424. The molecule has 0 spiro atoms. The van der Waals surface area contributed by atoms with Crippen LogP contribution in [0.4, 0.5) is 11.4 Å². The third kappa shape index (κ3) is 4.34. The number of amides is 2. The smallest absolute Gasteiger partial charge is 0.228 e. The van der Waals surface area contributed by atoms with Gasteiger partial charge in [0.2, 0.25) is 11.8 Å². The summed E-state index contributed by atoms with van der Waals surface area (Å²) in [6, 6.07) is 12.3. The van der Waals surface area contributed by atoms with Crippen molar-refractivity contribution in [2.75, 3.05) is 23.9 Å². The van der Waals surface area contributed by atoms with E-state index >= 15 is 0 Å². The third-order valence-corrected chi connectivity index (χ3v) is 4.57. The summed E-state index contributed by atoms with van der Waals surface area (Å²) in [6.45, 7) is 2.22. The summed E-state index contributed by atoms with van der Waals surface area (Å²) in [5.41, 5.74) is 2.68. The molecule has 0 aromatic heterocycles. The van der Waals surface area contributed by atoms with Gasteiger partial charge in [-0.3, -0.25) is 14.4 Å². The molecule has 0 unspecified atom stereocenters. The predicted octanol–water partition coefficient (Wildman–Crippen LogP) is 3.21. The van der Waals surface area contributed by atoms with Gasteiger partial charge in [0.1, 0.15) is 5.75 Å². The maximum absolute atomic E-state index is 12.4. The second-order valence-corrected chi connectivity index (χ2v) is 6.50. The van der Waals surface area contributed by atoms with E-state index in [9.17, 15) is 14.4 Å². The Bertz CT molecular complexity index is 874. The van der Waals surface area contributed by atoms with Crippen LogP contribution in [0.3, 0.4) is 0 Å². The summed E-state index contributed by atoms with van der Waals surface area (Å²) < 4.78 is 5.29. The number of carbonyl (C=O) groups is 3. The zero-order valence-corrected chi connectivity index (χ0v) is 15.5. The molecule has 1 aliphatic rings. The normalized spacial score (nSPS) is 13.6. The van der Waals surface area contributed by atoms with Gasteiger partial charge >= 0.3 is 0 Å². The molecule has 0 aliphatic carbocycles. The molecular formula is C21H22N2O4. The van der Waals surface area contributed by atoms with Crippen LogP contribution in [0.15, 0.2) is 42.5 Å². The second kappa shape index (κ2) is 8.03. The number of ketones is 1. The first-order valence-corrected chi connectivity index (χ1v) is 8.86. The Morgan fingerprint density at radius 3 is 2.48 bits per heavy atom. The zero-order chi connectivity index (χ0) is 19.4. The van der Waals surface area contributed by atoms with E-state index in [1.165, 1.54) is 14.0 Å². The summed E-state index contributed by atoms with van der Waals surface area (Å²) in [7, 11) is 1.53. The van der Waals surface area contributed by atoms with Crippen LogP contribution in [0.1, 0.15) is 35.7 Å². The molecule has 2 aromatic rings. The number of carbonyl (C=O) groups excluding carboxylic acids is 3. The highest BCUT2D eigenvalue weighted by molar-refractivity contribution is 5.97. The van der Waals surface area contributed by atoms with Gasteiger partial charge in [-0.1, -0.05) is 0 Å². The van der Waals surface area contributed by atoms with E-state index in [-0.39, 0.29) is 24.0 Å². The standard InChI is InChI=1S/C21H22N2O4/c1-14(24)15-5-10-19(27-2)16(12-15)13-20(25)22-17-6-8-18(9-7-17)23-11-3-4-21(23)26/h5-10,12H,3-4,11,13H2,1-2H3,(H,22,25). The number of hydrogen-bond acceptors (Lipinski definition) is 4. The third-order valence-electron chi connectivity index (χ3n) is 4.57. The van der Waals surface area contributed by atoms with Gasteiger partial charge in [-0.25, -0.2) is 0 Å². The van der Waals surface area contributed by atoms with Crippen molar-refractivity contribution in [3.63, 3.8) is 0 Å². The lowest BCUT2D eigenvalue weighted by Gasteiger charge is -2.16. The fraction of sp³-hybridized carbons (Fsp3) is 0.286. The van der Waals surface area contributed by atoms with Gasteiger partial charge in [-0.15, -0.1) is 0 Å². The maximum atomic E-state index is 12.4. The number of nitrogens with zero attached hydrogens (tertiary/aromatic N) is 1. The van der Waals surface area contributed by atoms with Crippen molar-refractivity contribution in [1.82, 2.24) is 0 Å². The molecule has 2 aromatic carbocycles. The minimum atomic E-state index is -0.209. The Hall–Kier alpha value is -3.15. The Balaban J connectivity index is 1.68. The fourth-order valence-electron chi connectivity index (χ4n) is 3.16. The molecular weight excluding hydrogens is 344 g/mol. The molecule has 1 heterocycles. The zero-order valence-electron chi connectivity index (χ0n) is 15.5. The minimum Gasteiger partial charge on any atom is -0.496 e. The number of ether oxygens (including phenoxy) is 1. The lowest BCUT2D eigenvalue weighted by atomic mass is 10.0. The molecule has 3 rings (SSSR count). The average molecular weight is 366 g/mol. The van der Waals surface area contributed by atoms with E-state index in [0.29, 0.717) is 29.0 Å². The Kier molecular flexibility index (Phi) is 5.54. The predicted molar refractivity (Wildman–Crippen MR) is 103 cm³/mol. The van der Waals surface area contributed by atoms with Crippen LogP contribution >= 0.6 is 0 Å². The van der Waals surface area contributed by atoms with E-state index in [0.717, 1.165) is 18.7 Å². The number of benzene rings is 2. The molecule has 6 heteroatoms. The van der Waals surface area contributed by atoms with Crippen molar-refractivity contribution in [2.24, 2.45) is 0 Å². The number of rotatable bonds is 6. The monoisotopic (exact) mass is 366 g/mol. The van der Waals surface area contributed by atoms with Gasteiger partial charge in [0, 0.05) is 35.5 Å². The van der Waals surface area contributed by atoms with Crippen LogP contribution in [-0.4, -0.2) is 31.3 Å². The van der Waals surface area contributed by atoms with Gasteiger partial charge in [-0.05, 0) is 55.8 Å². The molecule has 140 valence electrons. The molecule has 0 bridgehead atoms. The van der Waals surface area contributed by atoms with Crippen LogP contribution in [0, 0.1) is 0 Å². The van der Waals surface area contributed by atoms with Crippen molar-refractivity contribution in [3.05, 3.63) is 53.6 Å². The Morgan fingerprint density at radius 2 is 1.89 bits per heavy atom. The quantitative estimate of drug-likeness (QED) is 0.797. The largest absolute Gasteiger partial charge is 0.496 e. The molecule has 0 radical (unpaired) electrons. The molecule has 0 saturated carbocycles. The summed E-state index contributed by atoms with van der Waals surface area (Å²) >= 11 is 0. The number of methoxy groups -OCH3 is 1. The molecule has 0 atom stereocenters. The summed E-state index contributed by atoms with van der Waals surface area (Å²) in [6.07, 6.45) is 1.55. The van der Waals surface area contributed by atoms with Crippen LogP contribution in [-0.2, 0) is 16.0 Å². The number of anilines is 2. The lowest BCUT2D eigenvalue weighted by molar-refractivity contribution is -0.117. The van der Waals surface area contributed by atoms with Crippen molar-refractivity contribution < 1.29 is 19.1 Å². The SMILES string of the molecule is COc1ccc(C(C)=O)cc1CC(=O)Nc1ccc(N2CCCC2=O)cc1. The van der Waals surface area contributed by atoms with E-state index in [4.69, 9.17) is 4.74 Å². The highest BCUT2D eigenvalue weighted by atomic mass is 16.5. The molecule has 1 N–H and O–H groups in total. The fourth-order valence-corrected chi connectivity index (χ4v) is 3.16. The molecule has 27 heavy (non-hydrogen) atoms. The van der Waals surface area contributed by atoms with Gasteiger partial charge < -0.3 is 15.0 Å². The minimum absolute atomic E-state index is 0.0636.